The number of nitrogens with zero attached hydrogens (tertiary/aromatic N) is 1. The van der Waals surface area contributed by atoms with Crippen LogP contribution < -0.4 is 0 Å². The lowest BCUT2D eigenvalue weighted by atomic mass is 9.88. The van der Waals surface area contributed by atoms with Gasteiger partial charge in [0.15, 0.2) is 0 Å². The zero-order valence-electron chi connectivity index (χ0n) is 9.86. The molecular formula is C16H13NS. The first kappa shape index (κ1) is 11.2. The van der Waals surface area contributed by atoms with E-state index in [2.05, 4.69) is 58.2 Å². The van der Waals surface area contributed by atoms with Crippen LogP contribution in [0.25, 0.3) is 0 Å². The first-order valence-corrected chi connectivity index (χ1v) is 6.86. The molecular weight excluding hydrogens is 238 g/mol. The van der Waals surface area contributed by atoms with Crippen LogP contribution in [0.15, 0.2) is 71.7 Å². The molecule has 0 bridgehead atoms. The van der Waals surface area contributed by atoms with Gasteiger partial charge in [0.2, 0.25) is 0 Å². The Morgan fingerprint density at radius 1 is 0.833 bits per heavy atom. The minimum absolute atomic E-state index is 0.283. The predicted octanol–water partition coefficient (Wildman–Crippen LogP) is 4.32. The molecule has 2 heterocycles. The predicted molar refractivity (Wildman–Crippen MR) is 75.9 cm³/mol. The lowest BCUT2D eigenvalue weighted by molar-refractivity contribution is 0.970. The van der Waals surface area contributed by atoms with Gasteiger partial charge in [-0.2, -0.15) is 11.3 Å². The molecule has 18 heavy (non-hydrogen) atoms. The van der Waals surface area contributed by atoms with Gasteiger partial charge < -0.3 is 0 Å². The normalized spacial score (nSPS) is 12.2. The molecule has 0 radical (unpaired) electrons. The van der Waals surface area contributed by atoms with E-state index < -0.39 is 0 Å². The van der Waals surface area contributed by atoms with Crippen LogP contribution in [0.1, 0.15) is 22.6 Å². The highest BCUT2D eigenvalue weighted by molar-refractivity contribution is 7.08. The van der Waals surface area contributed by atoms with E-state index in [9.17, 15) is 0 Å². The third kappa shape index (κ3) is 2.20. The van der Waals surface area contributed by atoms with Crippen molar-refractivity contribution in [1.29, 1.82) is 0 Å². The SMILES string of the molecule is c1ccc(C(c2cccnc2)c2ccsc2)cc1. The van der Waals surface area contributed by atoms with Gasteiger partial charge in [0, 0.05) is 18.3 Å². The Labute approximate surface area is 111 Å². The second-order valence-electron chi connectivity index (χ2n) is 4.19. The van der Waals surface area contributed by atoms with E-state index in [-0.39, 0.29) is 5.92 Å². The number of rotatable bonds is 3. The van der Waals surface area contributed by atoms with Gasteiger partial charge in [-0.1, -0.05) is 36.4 Å². The van der Waals surface area contributed by atoms with Gasteiger partial charge in [-0.3, -0.25) is 4.98 Å². The summed E-state index contributed by atoms with van der Waals surface area (Å²) in [4.78, 5) is 4.24. The summed E-state index contributed by atoms with van der Waals surface area (Å²) in [5.41, 5.74) is 3.88. The quantitative estimate of drug-likeness (QED) is 0.675. The van der Waals surface area contributed by atoms with Crippen LogP contribution in [-0.4, -0.2) is 4.98 Å². The molecule has 1 nitrogen and oxygen atoms in total. The molecule has 1 aromatic carbocycles. The molecule has 0 aliphatic heterocycles. The average molecular weight is 251 g/mol. The van der Waals surface area contributed by atoms with Crippen molar-refractivity contribution in [3.63, 3.8) is 0 Å². The van der Waals surface area contributed by atoms with Gasteiger partial charge in [-0.15, -0.1) is 0 Å². The number of pyridine rings is 1. The van der Waals surface area contributed by atoms with E-state index >= 15 is 0 Å². The van der Waals surface area contributed by atoms with Gasteiger partial charge in [0.05, 0.1) is 0 Å². The molecule has 88 valence electrons. The Bertz CT molecular complexity index is 548. The van der Waals surface area contributed by atoms with Crippen LogP contribution in [-0.2, 0) is 0 Å². The van der Waals surface area contributed by atoms with Crippen molar-refractivity contribution in [2.24, 2.45) is 0 Å². The topological polar surface area (TPSA) is 12.9 Å². The van der Waals surface area contributed by atoms with Gasteiger partial charge in [0.1, 0.15) is 0 Å². The molecule has 0 N–H and O–H groups in total. The van der Waals surface area contributed by atoms with Crippen LogP contribution in [0.4, 0.5) is 0 Å². The molecule has 2 aromatic heterocycles. The van der Waals surface area contributed by atoms with E-state index in [0.717, 1.165) is 0 Å². The van der Waals surface area contributed by atoms with E-state index in [4.69, 9.17) is 0 Å². The first-order chi connectivity index (χ1) is 8.95. The number of hydrogen-bond acceptors (Lipinski definition) is 2. The highest BCUT2D eigenvalue weighted by Gasteiger charge is 2.16. The summed E-state index contributed by atoms with van der Waals surface area (Å²) in [7, 11) is 0. The van der Waals surface area contributed by atoms with Gasteiger partial charge in [-0.05, 0) is 39.6 Å². The van der Waals surface area contributed by atoms with E-state index in [1.807, 2.05) is 18.5 Å². The third-order valence-corrected chi connectivity index (χ3v) is 3.73. The Hall–Kier alpha value is -1.93. The molecule has 1 unspecified atom stereocenters. The monoisotopic (exact) mass is 251 g/mol. The summed E-state index contributed by atoms with van der Waals surface area (Å²) in [5, 5.41) is 4.34. The van der Waals surface area contributed by atoms with Gasteiger partial charge in [0.25, 0.3) is 0 Å². The molecule has 3 rings (SSSR count). The smallest absolute Gasteiger partial charge is 0.0363 e. The van der Waals surface area contributed by atoms with Gasteiger partial charge in [-0.25, -0.2) is 0 Å². The molecule has 0 saturated heterocycles. The molecule has 0 spiro atoms. The van der Waals surface area contributed by atoms with Crippen LogP contribution in [0.5, 0.6) is 0 Å². The van der Waals surface area contributed by atoms with Crippen molar-refractivity contribution in [3.8, 4) is 0 Å². The summed E-state index contributed by atoms with van der Waals surface area (Å²) in [5.74, 6) is 0.283. The fourth-order valence-electron chi connectivity index (χ4n) is 2.21. The van der Waals surface area contributed by atoms with Crippen molar-refractivity contribution in [2.45, 2.75) is 5.92 Å². The zero-order chi connectivity index (χ0) is 12.2. The standard InChI is InChI=1S/C16H13NS/c1-2-5-13(6-3-1)16(15-8-10-18-12-15)14-7-4-9-17-11-14/h1-12,16H. The van der Waals surface area contributed by atoms with Crippen LogP contribution in [0.3, 0.4) is 0 Å². The molecule has 1 atom stereocenters. The second kappa shape index (κ2) is 5.15. The van der Waals surface area contributed by atoms with Crippen LogP contribution in [0.2, 0.25) is 0 Å². The first-order valence-electron chi connectivity index (χ1n) is 5.92. The van der Waals surface area contributed by atoms with Crippen molar-refractivity contribution in [3.05, 3.63) is 88.4 Å². The maximum absolute atomic E-state index is 4.24. The fraction of sp³-hybridized carbons (Fsp3) is 0.0625. The Kier molecular flexibility index (Phi) is 3.20. The number of thiophene rings is 1. The summed E-state index contributed by atoms with van der Waals surface area (Å²) in [6.07, 6.45) is 3.77. The third-order valence-electron chi connectivity index (χ3n) is 3.03. The van der Waals surface area contributed by atoms with Crippen molar-refractivity contribution < 1.29 is 0 Å². The maximum atomic E-state index is 4.24. The summed E-state index contributed by atoms with van der Waals surface area (Å²) in [6, 6.07) is 16.9. The molecule has 0 saturated carbocycles. The van der Waals surface area contributed by atoms with Crippen LogP contribution in [0, 0.1) is 0 Å². The lowest BCUT2D eigenvalue weighted by Gasteiger charge is -2.16. The molecule has 0 amide bonds. The Morgan fingerprint density at radius 2 is 1.67 bits per heavy atom. The van der Waals surface area contributed by atoms with Crippen molar-refractivity contribution in [1.82, 2.24) is 4.98 Å². The largest absolute Gasteiger partial charge is 0.264 e. The summed E-state index contributed by atoms with van der Waals surface area (Å²) < 4.78 is 0. The maximum Gasteiger partial charge on any atom is 0.0363 e. The van der Waals surface area contributed by atoms with Crippen molar-refractivity contribution in [2.75, 3.05) is 0 Å². The van der Waals surface area contributed by atoms with E-state index in [0.29, 0.717) is 0 Å². The molecule has 0 fully saturated rings. The number of aromatic nitrogens is 1. The molecule has 3 aromatic rings. The van der Waals surface area contributed by atoms with Gasteiger partial charge >= 0.3 is 0 Å². The van der Waals surface area contributed by atoms with Crippen molar-refractivity contribution >= 4 is 11.3 Å². The Balaban J connectivity index is 2.11. The minimum Gasteiger partial charge on any atom is -0.264 e. The van der Waals surface area contributed by atoms with Crippen LogP contribution >= 0.6 is 11.3 Å². The zero-order valence-corrected chi connectivity index (χ0v) is 10.7. The van der Waals surface area contributed by atoms with E-state index in [1.54, 1.807) is 11.3 Å². The highest BCUT2D eigenvalue weighted by Crippen LogP contribution is 2.32. The highest BCUT2D eigenvalue weighted by atomic mass is 32.1. The summed E-state index contributed by atoms with van der Waals surface area (Å²) in [6.45, 7) is 0. The average Bonchev–Trinajstić information content (AvgIpc) is 2.95. The number of benzene rings is 1. The van der Waals surface area contributed by atoms with E-state index in [1.165, 1.54) is 16.7 Å². The fourth-order valence-corrected chi connectivity index (χ4v) is 2.89. The number of hydrogen-bond donors (Lipinski definition) is 0. The molecule has 0 aliphatic rings. The second-order valence-corrected chi connectivity index (χ2v) is 4.97. The Morgan fingerprint density at radius 3 is 2.33 bits per heavy atom. The molecule has 2 heteroatoms. The summed E-state index contributed by atoms with van der Waals surface area (Å²) >= 11 is 1.74. The minimum atomic E-state index is 0.283. The lowest BCUT2D eigenvalue weighted by Crippen LogP contribution is -2.02. The molecule has 0 aliphatic carbocycles.